The lowest BCUT2D eigenvalue weighted by Gasteiger charge is -2.43. The molecule has 2 aromatic carbocycles. The van der Waals surface area contributed by atoms with Gasteiger partial charge in [-0.3, -0.25) is 9.59 Å². The Bertz CT molecular complexity index is 1400. The minimum Gasteiger partial charge on any atom is -0.507 e. The van der Waals surface area contributed by atoms with Gasteiger partial charge in [-0.25, -0.2) is 0 Å². The van der Waals surface area contributed by atoms with Gasteiger partial charge in [-0.1, -0.05) is 30.9 Å². The molecule has 6 rings (SSSR count). The zero-order chi connectivity index (χ0) is 24.0. The van der Waals surface area contributed by atoms with Crippen molar-refractivity contribution in [2.45, 2.75) is 50.8 Å². The second-order valence-electron chi connectivity index (χ2n) is 10.1. The lowest BCUT2D eigenvalue weighted by molar-refractivity contribution is 0.0782. The number of hydrogen-bond acceptors (Lipinski definition) is 6. The van der Waals surface area contributed by atoms with Crippen molar-refractivity contribution in [1.82, 2.24) is 0 Å². The van der Waals surface area contributed by atoms with Crippen molar-refractivity contribution in [3.63, 3.8) is 0 Å². The van der Waals surface area contributed by atoms with Crippen LogP contribution in [0.15, 0.2) is 36.4 Å². The van der Waals surface area contributed by atoms with Gasteiger partial charge in [0.25, 0.3) is 0 Å². The number of anilines is 1. The number of aliphatic hydroxyl groups excluding tert-OH is 1. The summed E-state index contributed by atoms with van der Waals surface area (Å²) in [5, 5.41) is 25.6. The van der Waals surface area contributed by atoms with Gasteiger partial charge >= 0.3 is 0 Å². The van der Waals surface area contributed by atoms with E-state index in [4.69, 9.17) is 5.73 Å². The van der Waals surface area contributed by atoms with Crippen LogP contribution in [0, 0.1) is 23.2 Å². The van der Waals surface area contributed by atoms with E-state index in [2.05, 4.69) is 24.1 Å². The lowest BCUT2D eigenvalue weighted by Crippen LogP contribution is -2.48. The fourth-order valence-electron chi connectivity index (χ4n) is 6.89. The van der Waals surface area contributed by atoms with Crippen LogP contribution in [0.4, 0.5) is 5.69 Å². The number of benzene rings is 2. The molecular formula is C28H26N2O4. The van der Waals surface area contributed by atoms with Gasteiger partial charge in [0.15, 0.2) is 11.6 Å². The first-order valence-corrected chi connectivity index (χ1v) is 11.7. The third-order valence-electron chi connectivity index (χ3n) is 8.64. The number of ketones is 2. The highest BCUT2D eigenvalue weighted by Gasteiger charge is 2.77. The molecule has 34 heavy (non-hydrogen) atoms. The quantitative estimate of drug-likeness (QED) is 0.350. The summed E-state index contributed by atoms with van der Waals surface area (Å²) in [6.45, 7) is 4.17. The van der Waals surface area contributed by atoms with Gasteiger partial charge in [0.05, 0.1) is 29.0 Å². The minimum atomic E-state index is -0.654. The molecule has 0 spiro atoms. The number of carbonyl (C=O) groups excluding carboxylic acids is 2. The Labute approximate surface area is 197 Å². The maximum Gasteiger partial charge on any atom is 0.198 e. The average Bonchev–Trinajstić information content (AvgIpc) is 3.55. The SMILES string of the molecule is C[C@H]1C/C=C\C#C[C@@H]2Nc3c(cc(O)c4c3C(=O)c3ccc(CN)cc3C4=O)C13C[C@@]23[C@@H](C)O. The van der Waals surface area contributed by atoms with Gasteiger partial charge in [0, 0.05) is 28.5 Å². The molecular weight excluding hydrogens is 428 g/mol. The summed E-state index contributed by atoms with van der Waals surface area (Å²) < 4.78 is 0. The van der Waals surface area contributed by atoms with Gasteiger partial charge in [-0.15, -0.1) is 0 Å². The molecule has 2 bridgehead atoms. The molecule has 1 fully saturated rings. The molecule has 0 radical (unpaired) electrons. The monoisotopic (exact) mass is 454 g/mol. The summed E-state index contributed by atoms with van der Waals surface area (Å²) in [5.41, 5.74) is 7.60. The minimum absolute atomic E-state index is 0.0191. The Kier molecular flexibility index (Phi) is 4.24. The fourth-order valence-corrected chi connectivity index (χ4v) is 6.89. The number of allylic oxidation sites excluding steroid dienone is 2. The van der Waals surface area contributed by atoms with Crippen molar-refractivity contribution in [3.05, 3.63) is 69.8 Å². The molecule has 1 heterocycles. The number of rotatable bonds is 2. The third kappa shape index (κ3) is 2.33. The largest absolute Gasteiger partial charge is 0.507 e. The van der Waals surface area contributed by atoms with E-state index in [1.165, 1.54) is 0 Å². The molecule has 1 unspecified atom stereocenters. The van der Waals surface area contributed by atoms with Crippen molar-refractivity contribution in [2.24, 2.45) is 17.1 Å². The van der Waals surface area contributed by atoms with E-state index in [0.29, 0.717) is 17.7 Å². The summed E-state index contributed by atoms with van der Waals surface area (Å²) in [5.74, 6) is 5.58. The maximum atomic E-state index is 13.8. The van der Waals surface area contributed by atoms with E-state index >= 15 is 0 Å². The van der Waals surface area contributed by atoms with Crippen molar-refractivity contribution >= 4 is 17.3 Å². The Morgan fingerprint density at radius 3 is 2.71 bits per heavy atom. The first kappa shape index (κ1) is 21.2. The van der Waals surface area contributed by atoms with Crippen LogP contribution >= 0.6 is 0 Å². The first-order chi connectivity index (χ1) is 16.3. The van der Waals surface area contributed by atoms with E-state index in [-0.39, 0.29) is 46.5 Å². The number of phenols is 1. The summed E-state index contributed by atoms with van der Waals surface area (Å²) in [6, 6.07) is 6.27. The molecule has 5 atom stereocenters. The van der Waals surface area contributed by atoms with Gasteiger partial charge in [-0.05, 0) is 61.1 Å². The number of phenolic OH excluding ortho intramolecular Hbond substituents is 1. The van der Waals surface area contributed by atoms with Gasteiger partial charge < -0.3 is 21.3 Å². The highest BCUT2D eigenvalue weighted by Crippen LogP contribution is 2.76. The van der Waals surface area contributed by atoms with Gasteiger partial charge in [0.2, 0.25) is 0 Å². The van der Waals surface area contributed by atoms with Crippen LogP contribution in [0.1, 0.15) is 69.7 Å². The molecule has 3 aliphatic carbocycles. The number of fused-ring (bicyclic) bond motifs is 4. The Morgan fingerprint density at radius 2 is 1.97 bits per heavy atom. The molecule has 6 heteroatoms. The smallest absolute Gasteiger partial charge is 0.198 e. The molecule has 6 nitrogen and oxygen atoms in total. The second-order valence-corrected chi connectivity index (χ2v) is 10.1. The van der Waals surface area contributed by atoms with Crippen molar-refractivity contribution in [3.8, 4) is 17.6 Å². The predicted octanol–water partition coefficient (Wildman–Crippen LogP) is 3.03. The Balaban J connectivity index is 1.64. The molecule has 5 N–H and O–H groups in total. The number of hydrogen-bond donors (Lipinski definition) is 4. The molecule has 172 valence electrons. The highest BCUT2D eigenvalue weighted by atomic mass is 16.3. The van der Waals surface area contributed by atoms with Crippen molar-refractivity contribution in [2.75, 3.05) is 5.32 Å². The number of nitrogens with two attached hydrogens (primary N) is 1. The maximum absolute atomic E-state index is 13.8. The van der Waals surface area contributed by atoms with E-state index in [1.54, 1.807) is 31.2 Å². The Hall–Kier alpha value is -3.40. The number of aliphatic hydroxyl groups is 1. The summed E-state index contributed by atoms with van der Waals surface area (Å²) in [6.07, 6.45) is 4.66. The lowest BCUT2D eigenvalue weighted by atomic mass is 9.67. The van der Waals surface area contributed by atoms with Gasteiger partial charge in [-0.2, -0.15) is 0 Å². The number of aromatic hydroxyl groups is 1. The Morgan fingerprint density at radius 1 is 1.21 bits per heavy atom. The van der Waals surface area contributed by atoms with E-state index in [0.717, 1.165) is 17.5 Å². The fraction of sp³-hybridized carbons (Fsp3) is 0.357. The van der Waals surface area contributed by atoms with Gasteiger partial charge in [0.1, 0.15) is 5.75 Å². The van der Waals surface area contributed by atoms with Crippen LogP contribution in [-0.4, -0.2) is 33.9 Å². The van der Waals surface area contributed by atoms with E-state index in [1.807, 2.05) is 12.2 Å². The second kappa shape index (κ2) is 6.82. The number of carbonyl (C=O) groups is 2. The third-order valence-corrected chi connectivity index (χ3v) is 8.64. The molecule has 1 saturated carbocycles. The molecule has 2 aromatic rings. The summed E-state index contributed by atoms with van der Waals surface area (Å²) >= 11 is 0. The first-order valence-electron chi connectivity index (χ1n) is 11.7. The van der Waals surface area contributed by atoms with Crippen LogP contribution in [0.5, 0.6) is 5.75 Å². The van der Waals surface area contributed by atoms with Crippen molar-refractivity contribution < 1.29 is 19.8 Å². The molecule has 0 amide bonds. The topological polar surface area (TPSA) is 113 Å². The number of nitrogens with one attached hydrogen (secondary N) is 1. The normalized spacial score (nSPS) is 31.6. The average molecular weight is 455 g/mol. The van der Waals surface area contributed by atoms with E-state index < -0.39 is 23.0 Å². The van der Waals surface area contributed by atoms with Crippen LogP contribution in [0.25, 0.3) is 0 Å². The summed E-state index contributed by atoms with van der Waals surface area (Å²) in [7, 11) is 0. The van der Waals surface area contributed by atoms with Crippen LogP contribution in [-0.2, 0) is 12.0 Å². The van der Waals surface area contributed by atoms with Crippen molar-refractivity contribution in [1.29, 1.82) is 0 Å². The highest BCUT2D eigenvalue weighted by molar-refractivity contribution is 6.31. The zero-order valence-electron chi connectivity index (χ0n) is 19.1. The zero-order valence-corrected chi connectivity index (χ0v) is 19.1. The summed E-state index contributed by atoms with van der Waals surface area (Å²) in [4.78, 5) is 27.3. The van der Waals surface area contributed by atoms with E-state index in [9.17, 15) is 19.8 Å². The van der Waals surface area contributed by atoms with Crippen LogP contribution < -0.4 is 11.1 Å². The standard InChI is InChI=1S/C28H26N2O4/c1-14-6-4-3-5-7-21-28(15(2)31)13-27(14,28)19-11-20(32)22-23(24(19)30-21)25(33)17-9-8-16(12-29)10-18(17)26(22)34/h3-4,8-11,14-15,21,30-32H,6,12-13,29H2,1-2H3/b4-3-/t14-,15+,21-,27?,28+/m0/s1. The van der Waals surface area contributed by atoms with Crippen LogP contribution in [0.3, 0.4) is 0 Å². The molecule has 4 aliphatic rings. The molecule has 0 saturated heterocycles. The predicted molar refractivity (Wildman–Crippen MR) is 128 cm³/mol. The molecule has 0 aromatic heterocycles. The van der Waals surface area contributed by atoms with Crippen LogP contribution in [0.2, 0.25) is 0 Å². The molecule has 1 aliphatic heterocycles.